The summed E-state index contributed by atoms with van der Waals surface area (Å²) in [7, 11) is 1.67. The lowest BCUT2D eigenvalue weighted by atomic mass is 10.0. The smallest absolute Gasteiger partial charge is 0.165 e. The Kier molecular flexibility index (Phi) is 4.28. The molecule has 0 aliphatic carbocycles. The number of nitrogen functional groups attached to an aromatic ring is 1. The molecule has 2 aromatic carbocycles. The second-order valence-corrected chi connectivity index (χ2v) is 7.15. The zero-order chi connectivity index (χ0) is 20.7. The number of para-hydroxylation sites is 2. The van der Waals surface area contributed by atoms with E-state index >= 15 is 0 Å². The van der Waals surface area contributed by atoms with Gasteiger partial charge in [0.1, 0.15) is 17.6 Å². The highest BCUT2D eigenvalue weighted by atomic mass is 16.5. The monoisotopic (exact) mass is 396 g/mol. The first-order valence-electron chi connectivity index (χ1n) is 9.59. The Morgan fingerprint density at radius 3 is 2.73 bits per heavy atom. The lowest BCUT2D eigenvalue weighted by molar-refractivity contribution is 0.416. The van der Waals surface area contributed by atoms with Crippen LogP contribution in [0.25, 0.3) is 33.3 Å². The number of fused-ring (bicyclic) bond motifs is 2. The number of nitrogens with two attached hydrogens (primary N) is 1. The van der Waals surface area contributed by atoms with Crippen LogP contribution in [0.2, 0.25) is 0 Å². The molecule has 3 aromatic heterocycles. The number of nitrogens with zero attached hydrogens (tertiary/aromatic N) is 5. The molecular weight excluding hydrogens is 376 g/mol. The maximum absolute atomic E-state index is 5.96. The fourth-order valence-electron chi connectivity index (χ4n) is 3.78. The average Bonchev–Trinajstić information content (AvgIpc) is 3.18. The summed E-state index contributed by atoms with van der Waals surface area (Å²) in [5.74, 6) is 1.15. The van der Waals surface area contributed by atoms with Crippen molar-refractivity contribution in [3.05, 3.63) is 72.3 Å². The zero-order valence-electron chi connectivity index (χ0n) is 16.7. The molecule has 0 atom stereocenters. The van der Waals surface area contributed by atoms with Gasteiger partial charge in [0.2, 0.25) is 0 Å². The fraction of sp³-hybridized carbons (Fsp3) is 0.130. The van der Waals surface area contributed by atoms with Gasteiger partial charge in [-0.15, -0.1) is 0 Å². The van der Waals surface area contributed by atoms with Crippen molar-refractivity contribution in [3.63, 3.8) is 0 Å². The number of aryl methyl sites for hydroxylation is 1. The summed E-state index contributed by atoms with van der Waals surface area (Å²) < 4.78 is 7.59. The van der Waals surface area contributed by atoms with Crippen LogP contribution in [-0.2, 0) is 6.54 Å². The lowest BCUT2D eigenvalue weighted by Gasteiger charge is -2.15. The molecule has 0 aliphatic heterocycles. The van der Waals surface area contributed by atoms with Crippen molar-refractivity contribution in [2.75, 3.05) is 12.8 Å². The van der Waals surface area contributed by atoms with E-state index in [4.69, 9.17) is 15.5 Å². The van der Waals surface area contributed by atoms with E-state index in [-0.39, 0.29) is 0 Å². The SMILES string of the molecule is COc1ccccc1-c1nc2c(C)cccc2cc1Cn1cnc2c(N)ncnc21. The third-order valence-corrected chi connectivity index (χ3v) is 5.26. The van der Waals surface area contributed by atoms with Crippen molar-refractivity contribution in [2.24, 2.45) is 0 Å². The van der Waals surface area contributed by atoms with Crippen LogP contribution in [0.4, 0.5) is 5.82 Å². The zero-order valence-corrected chi connectivity index (χ0v) is 16.7. The van der Waals surface area contributed by atoms with Gasteiger partial charge in [-0.2, -0.15) is 0 Å². The molecule has 0 aliphatic rings. The largest absolute Gasteiger partial charge is 0.496 e. The van der Waals surface area contributed by atoms with E-state index in [1.807, 2.05) is 34.9 Å². The quantitative estimate of drug-likeness (QED) is 0.494. The number of anilines is 1. The molecule has 2 N–H and O–H groups in total. The van der Waals surface area contributed by atoms with E-state index in [2.05, 4.69) is 40.1 Å². The summed E-state index contributed by atoms with van der Waals surface area (Å²) in [6.07, 6.45) is 3.20. The van der Waals surface area contributed by atoms with Gasteiger partial charge in [-0.3, -0.25) is 0 Å². The van der Waals surface area contributed by atoms with Crippen LogP contribution in [0.3, 0.4) is 0 Å². The first-order valence-corrected chi connectivity index (χ1v) is 9.59. The van der Waals surface area contributed by atoms with Crippen LogP contribution in [0.15, 0.2) is 61.2 Å². The summed E-state index contributed by atoms with van der Waals surface area (Å²) in [6, 6.07) is 16.3. The third kappa shape index (κ3) is 2.91. The van der Waals surface area contributed by atoms with Gasteiger partial charge in [0.05, 0.1) is 31.2 Å². The van der Waals surface area contributed by atoms with Crippen LogP contribution in [-0.4, -0.2) is 31.6 Å². The van der Waals surface area contributed by atoms with Crippen LogP contribution in [0, 0.1) is 6.92 Å². The number of methoxy groups -OCH3 is 1. The molecule has 0 fully saturated rings. The fourth-order valence-corrected chi connectivity index (χ4v) is 3.78. The molecule has 0 bridgehead atoms. The molecule has 5 aromatic rings. The van der Waals surface area contributed by atoms with Crippen molar-refractivity contribution in [3.8, 4) is 17.0 Å². The van der Waals surface area contributed by atoms with Gasteiger partial charge in [-0.25, -0.2) is 19.9 Å². The lowest BCUT2D eigenvalue weighted by Crippen LogP contribution is -2.04. The average molecular weight is 396 g/mol. The van der Waals surface area contributed by atoms with Crippen LogP contribution >= 0.6 is 0 Å². The molecule has 3 heterocycles. The highest BCUT2D eigenvalue weighted by Crippen LogP contribution is 2.34. The van der Waals surface area contributed by atoms with Gasteiger partial charge < -0.3 is 15.0 Å². The Balaban J connectivity index is 1.74. The summed E-state index contributed by atoms with van der Waals surface area (Å²) in [6.45, 7) is 2.61. The first-order chi connectivity index (χ1) is 14.7. The molecule has 30 heavy (non-hydrogen) atoms. The van der Waals surface area contributed by atoms with Gasteiger partial charge in [0, 0.05) is 10.9 Å². The molecule has 0 unspecified atom stereocenters. The van der Waals surface area contributed by atoms with Gasteiger partial charge in [-0.1, -0.05) is 30.3 Å². The van der Waals surface area contributed by atoms with Crippen molar-refractivity contribution in [2.45, 2.75) is 13.5 Å². The standard InChI is InChI=1S/C23H20N6O/c1-14-6-5-7-15-10-16(11-29-13-27-21-22(24)25-12-26-23(21)29)20(28-19(14)15)17-8-3-4-9-18(17)30-2/h3-10,12-13H,11H2,1-2H3,(H2,24,25,26). The van der Waals surface area contributed by atoms with Crippen LogP contribution in [0.1, 0.15) is 11.1 Å². The molecule has 7 heteroatoms. The Hall–Kier alpha value is -4.00. The predicted molar refractivity (Wildman–Crippen MR) is 117 cm³/mol. The van der Waals surface area contributed by atoms with Crippen molar-refractivity contribution < 1.29 is 4.74 Å². The number of pyridine rings is 1. The molecule has 7 nitrogen and oxygen atoms in total. The normalized spacial score (nSPS) is 11.3. The highest BCUT2D eigenvalue weighted by molar-refractivity contribution is 5.87. The van der Waals surface area contributed by atoms with E-state index in [1.54, 1.807) is 13.4 Å². The molecule has 148 valence electrons. The minimum absolute atomic E-state index is 0.371. The van der Waals surface area contributed by atoms with E-state index in [0.717, 1.165) is 39.0 Å². The van der Waals surface area contributed by atoms with Gasteiger partial charge in [0.15, 0.2) is 11.5 Å². The van der Waals surface area contributed by atoms with Crippen LogP contribution in [0.5, 0.6) is 5.75 Å². The minimum Gasteiger partial charge on any atom is -0.496 e. The van der Waals surface area contributed by atoms with Gasteiger partial charge in [-0.05, 0) is 36.2 Å². The summed E-state index contributed by atoms with van der Waals surface area (Å²) in [4.78, 5) is 17.9. The minimum atomic E-state index is 0.371. The topological polar surface area (TPSA) is 91.7 Å². The Morgan fingerprint density at radius 1 is 1.00 bits per heavy atom. The molecular formula is C23H20N6O. The van der Waals surface area contributed by atoms with E-state index in [0.29, 0.717) is 23.5 Å². The summed E-state index contributed by atoms with van der Waals surface area (Å²) in [5, 5.41) is 1.09. The van der Waals surface area contributed by atoms with Gasteiger partial charge >= 0.3 is 0 Å². The van der Waals surface area contributed by atoms with Crippen molar-refractivity contribution in [1.82, 2.24) is 24.5 Å². The third-order valence-electron chi connectivity index (χ3n) is 5.26. The van der Waals surface area contributed by atoms with E-state index < -0.39 is 0 Å². The summed E-state index contributed by atoms with van der Waals surface area (Å²) in [5.41, 5.74) is 12.2. The number of aromatic nitrogens is 5. The second kappa shape index (κ2) is 7.11. The Bertz CT molecular complexity index is 1390. The first kappa shape index (κ1) is 18.1. The van der Waals surface area contributed by atoms with Crippen molar-refractivity contribution >= 4 is 27.9 Å². The molecule has 0 spiro atoms. The molecule has 0 radical (unpaired) electrons. The Morgan fingerprint density at radius 2 is 1.87 bits per heavy atom. The van der Waals surface area contributed by atoms with E-state index in [1.165, 1.54) is 6.33 Å². The van der Waals surface area contributed by atoms with E-state index in [9.17, 15) is 0 Å². The predicted octanol–water partition coefficient (Wildman–Crippen LogP) is 3.99. The number of imidazole rings is 1. The molecule has 5 rings (SSSR count). The maximum atomic E-state index is 5.96. The molecule has 0 amide bonds. The Labute approximate surface area is 173 Å². The number of hydrogen-bond donors (Lipinski definition) is 1. The number of benzene rings is 2. The number of hydrogen-bond acceptors (Lipinski definition) is 6. The summed E-state index contributed by atoms with van der Waals surface area (Å²) >= 11 is 0. The second-order valence-electron chi connectivity index (χ2n) is 7.15. The number of ether oxygens (including phenoxy) is 1. The number of rotatable bonds is 4. The van der Waals surface area contributed by atoms with Crippen molar-refractivity contribution in [1.29, 1.82) is 0 Å². The van der Waals surface area contributed by atoms with Crippen LogP contribution < -0.4 is 10.5 Å². The molecule has 0 saturated carbocycles. The maximum Gasteiger partial charge on any atom is 0.165 e. The van der Waals surface area contributed by atoms with Gasteiger partial charge in [0.25, 0.3) is 0 Å². The highest BCUT2D eigenvalue weighted by Gasteiger charge is 2.16. The molecule has 0 saturated heterocycles.